The molecule has 1 atom stereocenters. The van der Waals surface area contributed by atoms with Crippen molar-refractivity contribution in [1.82, 2.24) is 15.1 Å². The summed E-state index contributed by atoms with van der Waals surface area (Å²) in [5.41, 5.74) is 2.99. The monoisotopic (exact) mass is 368 g/mol. The molecule has 4 rings (SSSR count). The van der Waals surface area contributed by atoms with Crippen LogP contribution in [0.2, 0.25) is 0 Å². The Morgan fingerprint density at radius 1 is 1.07 bits per heavy atom. The van der Waals surface area contributed by atoms with Crippen molar-refractivity contribution in [3.8, 4) is 11.3 Å². The number of amides is 2. The number of piperidine rings is 2. The predicted molar refractivity (Wildman–Crippen MR) is 101 cm³/mol. The van der Waals surface area contributed by atoms with Crippen LogP contribution >= 0.6 is 0 Å². The minimum atomic E-state index is -0.427. The maximum absolute atomic E-state index is 12.0. The first-order chi connectivity index (χ1) is 13.1. The molecule has 7 heteroatoms. The Morgan fingerprint density at radius 3 is 2.48 bits per heavy atom. The molecule has 2 amide bonds. The molecule has 1 unspecified atom stereocenters. The third-order valence-corrected chi connectivity index (χ3v) is 5.54. The number of aliphatic hydroxyl groups excluding tert-OH is 1. The molecule has 0 aliphatic carbocycles. The number of benzene rings is 1. The van der Waals surface area contributed by atoms with Crippen molar-refractivity contribution in [3.05, 3.63) is 36.5 Å². The van der Waals surface area contributed by atoms with Crippen LogP contribution < -0.4 is 10.2 Å². The lowest BCUT2D eigenvalue weighted by molar-refractivity contribution is -0.135. The Balaban J connectivity index is 1.45. The molecule has 142 valence electrons. The standard InChI is InChI=1S/C20H24N4O3/c25-13-14-7-10-23(11-8-14)16-3-1-15(2-4-16)17-9-12-24(22-17)18-5-6-19(26)21-20(18)27/h1-4,9,12,14,18,25H,5-8,10-11,13H2,(H,21,26,27). The Labute approximate surface area is 158 Å². The van der Waals surface area contributed by atoms with Crippen LogP contribution in [0.4, 0.5) is 5.69 Å². The highest BCUT2D eigenvalue weighted by Crippen LogP contribution is 2.27. The largest absolute Gasteiger partial charge is 0.396 e. The molecule has 1 aromatic carbocycles. The summed E-state index contributed by atoms with van der Waals surface area (Å²) in [5.74, 6) is -0.0819. The number of aliphatic hydroxyl groups is 1. The summed E-state index contributed by atoms with van der Waals surface area (Å²) in [5, 5.41) is 16.2. The Kier molecular flexibility index (Phi) is 4.94. The van der Waals surface area contributed by atoms with E-state index in [1.54, 1.807) is 10.9 Å². The number of rotatable bonds is 4. The van der Waals surface area contributed by atoms with Gasteiger partial charge in [0.15, 0.2) is 0 Å². The van der Waals surface area contributed by atoms with Crippen LogP contribution in [0.1, 0.15) is 31.7 Å². The molecule has 0 radical (unpaired) electrons. The van der Waals surface area contributed by atoms with Crippen molar-refractivity contribution >= 4 is 17.5 Å². The molecule has 2 fully saturated rings. The number of carbonyl (C=O) groups excluding carboxylic acids is 2. The van der Waals surface area contributed by atoms with Gasteiger partial charge in [-0.05, 0) is 43.4 Å². The van der Waals surface area contributed by atoms with Gasteiger partial charge < -0.3 is 10.0 Å². The van der Waals surface area contributed by atoms with E-state index >= 15 is 0 Å². The molecule has 1 aromatic heterocycles. The smallest absolute Gasteiger partial charge is 0.251 e. The summed E-state index contributed by atoms with van der Waals surface area (Å²) < 4.78 is 1.64. The zero-order chi connectivity index (χ0) is 18.8. The number of hydrogen-bond acceptors (Lipinski definition) is 5. The fraction of sp³-hybridized carbons (Fsp3) is 0.450. The summed E-state index contributed by atoms with van der Waals surface area (Å²) in [4.78, 5) is 25.6. The lowest BCUT2D eigenvalue weighted by atomic mass is 9.97. The average Bonchev–Trinajstić information content (AvgIpc) is 3.18. The van der Waals surface area contributed by atoms with E-state index in [0.29, 0.717) is 18.8 Å². The number of nitrogens with one attached hydrogen (secondary N) is 1. The van der Waals surface area contributed by atoms with Gasteiger partial charge in [0.25, 0.3) is 5.91 Å². The maximum Gasteiger partial charge on any atom is 0.251 e. The van der Waals surface area contributed by atoms with Gasteiger partial charge in [-0.3, -0.25) is 19.6 Å². The van der Waals surface area contributed by atoms with E-state index in [4.69, 9.17) is 0 Å². The lowest BCUT2D eigenvalue weighted by Crippen LogP contribution is -2.41. The van der Waals surface area contributed by atoms with E-state index < -0.39 is 6.04 Å². The molecule has 2 saturated heterocycles. The van der Waals surface area contributed by atoms with E-state index in [1.165, 1.54) is 5.69 Å². The first-order valence-electron chi connectivity index (χ1n) is 9.49. The van der Waals surface area contributed by atoms with Crippen LogP contribution in [-0.2, 0) is 9.59 Å². The van der Waals surface area contributed by atoms with Gasteiger partial charge in [-0.15, -0.1) is 0 Å². The summed E-state index contributed by atoms with van der Waals surface area (Å²) in [7, 11) is 0. The third kappa shape index (κ3) is 3.73. The second-order valence-corrected chi connectivity index (χ2v) is 7.31. The van der Waals surface area contributed by atoms with Crippen molar-refractivity contribution in [1.29, 1.82) is 0 Å². The van der Waals surface area contributed by atoms with Crippen molar-refractivity contribution in [2.75, 3.05) is 24.6 Å². The first-order valence-corrected chi connectivity index (χ1v) is 9.49. The molecule has 2 aromatic rings. The van der Waals surface area contributed by atoms with Crippen molar-refractivity contribution in [2.45, 2.75) is 31.7 Å². The van der Waals surface area contributed by atoms with Gasteiger partial charge in [0.2, 0.25) is 5.91 Å². The summed E-state index contributed by atoms with van der Waals surface area (Å²) in [6, 6.07) is 9.75. The summed E-state index contributed by atoms with van der Waals surface area (Å²) in [6.45, 7) is 2.21. The second kappa shape index (κ2) is 7.52. The topological polar surface area (TPSA) is 87.5 Å². The summed E-state index contributed by atoms with van der Waals surface area (Å²) >= 11 is 0. The highest BCUT2D eigenvalue weighted by molar-refractivity contribution is 5.99. The molecular weight excluding hydrogens is 344 g/mol. The van der Waals surface area contributed by atoms with Gasteiger partial charge in [-0.1, -0.05) is 12.1 Å². The maximum atomic E-state index is 12.0. The number of aromatic nitrogens is 2. The van der Waals surface area contributed by atoms with Crippen LogP contribution in [0.3, 0.4) is 0 Å². The Morgan fingerprint density at radius 2 is 1.81 bits per heavy atom. The molecule has 2 aliphatic rings. The normalized spacial score (nSPS) is 21.4. The molecular formula is C20H24N4O3. The van der Waals surface area contributed by atoms with E-state index in [-0.39, 0.29) is 18.4 Å². The van der Waals surface area contributed by atoms with Gasteiger partial charge in [0, 0.05) is 43.6 Å². The number of imide groups is 1. The number of hydrogen-bond donors (Lipinski definition) is 2. The van der Waals surface area contributed by atoms with E-state index in [9.17, 15) is 14.7 Å². The predicted octanol–water partition coefficient (Wildman–Crippen LogP) is 1.74. The van der Waals surface area contributed by atoms with Crippen LogP contribution in [0.15, 0.2) is 36.5 Å². The lowest BCUT2D eigenvalue weighted by Gasteiger charge is -2.32. The SMILES string of the molecule is O=C1CCC(n2ccc(-c3ccc(N4CCC(CO)CC4)cc3)n2)C(=O)N1. The highest BCUT2D eigenvalue weighted by Gasteiger charge is 2.28. The quantitative estimate of drug-likeness (QED) is 0.803. The van der Waals surface area contributed by atoms with Crippen molar-refractivity contribution in [3.63, 3.8) is 0 Å². The molecule has 3 heterocycles. The van der Waals surface area contributed by atoms with Gasteiger partial charge in [0.05, 0.1) is 5.69 Å². The molecule has 2 aliphatic heterocycles. The first kappa shape index (κ1) is 17.7. The Hall–Kier alpha value is -2.67. The van der Waals surface area contributed by atoms with E-state index in [1.807, 2.05) is 18.2 Å². The van der Waals surface area contributed by atoms with Crippen LogP contribution in [-0.4, -0.2) is 46.4 Å². The molecule has 2 N–H and O–H groups in total. The minimum Gasteiger partial charge on any atom is -0.396 e. The fourth-order valence-electron chi connectivity index (χ4n) is 3.82. The molecule has 0 bridgehead atoms. The number of anilines is 1. The van der Waals surface area contributed by atoms with Crippen LogP contribution in [0.5, 0.6) is 0 Å². The summed E-state index contributed by atoms with van der Waals surface area (Å²) in [6.07, 6.45) is 4.66. The van der Waals surface area contributed by atoms with Gasteiger partial charge in [0.1, 0.15) is 6.04 Å². The second-order valence-electron chi connectivity index (χ2n) is 7.31. The highest BCUT2D eigenvalue weighted by atomic mass is 16.3. The fourth-order valence-corrected chi connectivity index (χ4v) is 3.82. The van der Waals surface area contributed by atoms with Gasteiger partial charge in [-0.25, -0.2) is 0 Å². The molecule has 0 spiro atoms. The molecule has 27 heavy (non-hydrogen) atoms. The zero-order valence-electron chi connectivity index (χ0n) is 15.2. The molecule has 7 nitrogen and oxygen atoms in total. The van der Waals surface area contributed by atoms with Crippen LogP contribution in [0.25, 0.3) is 11.3 Å². The average molecular weight is 368 g/mol. The van der Waals surface area contributed by atoms with E-state index in [0.717, 1.165) is 37.2 Å². The molecule has 0 saturated carbocycles. The number of carbonyl (C=O) groups is 2. The van der Waals surface area contributed by atoms with E-state index in [2.05, 4.69) is 27.4 Å². The van der Waals surface area contributed by atoms with Crippen molar-refractivity contribution < 1.29 is 14.7 Å². The van der Waals surface area contributed by atoms with Gasteiger partial charge >= 0.3 is 0 Å². The third-order valence-electron chi connectivity index (χ3n) is 5.54. The zero-order valence-corrected chi connectivity index (χ0v) is 15.2. The minimum absolute atomic E-state index is 0.220. The Bertz CT molecular complexity index is 822. The van der Waals surface area contributed by atoms with Crippen molar-refractivity contribution in [2.24, 2.45) is 5.92 Å². The van der Waals surface area contributed by atoms with Crippen LogP contribution in [0, 0.1) is 5.92 Å². The number of nitrogens with zero attached hydrogens (tertiary/aromatic N) is 3. The van der Waals surface area contributed by atoms with Gasteiger partial charge in [-0.2, -0.15) is 5.10 Å².